The van der Waals surface area contributed by atoms with Gasteiger partial charge in [0, 0.05) is 0 Å². The number of aliphatic hydroxyl groups is 1. The van der Waals surface area contributed by atoms with Crippen LogP contribution in [0.1, 0.15) is 18.1 Å². The Kier molecular flexibility index (Phi) is 3.57. The summed E-state index contributed by atoms with van der Waals surface area (Å²) in [6.45, 7) is 0.113. The fourth-order valence-corrected chi connectivity index (χ4v) is 1.70. The Bertz CT molecular complexity index is 456. The van der Waals surface area contributed by atoms with Crippen molar-refractivity contribution in [2.24, 2.45) is 0 Å². The van der Waals surface area contributed by atoms with E-state index in [1.165, 1.54) is 14.2 Å². The van der Waals surface area contributed by atoms with Gasteiger partial charge in [0.25, 0.3) is 0 Å². The largest absolute Gasteiger partial charge is 0.493 e. The Morgan fingerprint density at radius 2 is 2.22 bits per heavy atom. The van der Waals surface area contributed by atoms with E-state index in [0.29, 0.717) is 22.8 Å². The summed E-state index contributed by atoms with van der Waals surface area (Å²) in [5.41, 5.74) is 0.515. The molecule has 0 bridgehead atoms. The first kappa shape index (κ1) is 12.5. The number of benzene rings is 1. The van der Waals surface area contributed by atoms with Crippen LogP contribution < -0.4 is 14.2 Å². The van der Waals surface area contributed by atoms with Gasteiger partial charge in [-0.05, 0) is 17.7 Å². The molecule has 1 aliphatic heterocycles. The lowest BCUT2D eigenvalue weighted by molar-refractivity contribution is -0.142. The van der Waals surface area contributed by atoms with Gasteiger partial charge in [-0.1, -0.05) is 0 Å². The molecule has 1 aromatic rings. The molecule has 0 saturated heterocycles. The van der Waals surface area contributed by atoms with Crippen LogP contribution in [0.5, 0.6) is 17.2 Å². The highest BCUT2D eigenvalue weighted by Gasteiger charge is 2.23. The van der Waals surface area contributed by atoms with Crippen LogP contribution in [-0.2, 0) is 9.53 Å². The van der Waals surface area contributed by atoms with Gasteiger partial charge in [0.2, 0.25) is 12.5 Å². The number of ether oxygens (including phenoxy) is 4. The Hall–Kier alpha value is -1.95. The highest BCUT2D eigenvalue weighted by Crippen LogP contribution is 2.43. The number of carbonyl (C=O) groups is 1. The van der Waals surface area contributed by atoms with Gasteiger partial charge in [-0.2, -0.15) is 0 Å². The third kappa shape index (κ3) is 2.33. The number of methoxy groups -OCH3 is 2. The van der Waals surface area contributed by atoms with Gasteiger partial charge < -0.3 is 24.1 Å². The molecule has 0 aromatic heterocycles. The lowest BCUT2D eigenvalue weighted by Crippen LogP contribution is -2.08. The minimum atomic E-state index is -0.971. The standard InChI is InChI=1S/C12H14O6/c1-15-9-3-7(8(13)5-11(14)16-2)4-10-12(9)18-6-17-10/h3-4,8,13H,5-6H2,1-2H3/t8-/m1/s1. The molecule has 0 radical (unpaired) electrons. The van der Waals surface area contributed by atoms with Gasteiger partial charge in [-0.25, -0.2) is 0 Å². The van der Waals surface area contributed by atoms with Crippen molar-refractivity contribution >= 4 is 5.97 Å². The highest BCUT2D eigenvalue weighted by atomic mass is 16.7. The maximum Gasteiger partial charge on any atom is 0.308 e. The zero-order valence-electron chi connectivity index (χ0n) is 10.1. The van der Waals surface area contributed by atoms with E-state index in [1.807, 2.05) is 0 Å². The van der Waals surface area contributed by atoms with E-state index in [4.69, 9.17) is 14.2 Å². The summed E-state index contributed by atoms with van der Waals surface area (Å²) in [4.78, 5) is 11.1. The summed E-state index contributed by atoms with van der Waals surface area (Å²) in [5.74, 6) is 0.975. The van der Waals surface area contributed by atoms with Crippen LogP contribution in [-0.4, -0.2) is 32.1 Å². The van der Waals surface area contributed by atoms with Crippen molar-refractivity contribution < 1.29 is 28.8 Å². The minimum absolute atomic E-state index is 0.113. The average Bonchev–Trinajstić information content (AvgIpc) is 2.85. The molecule has 1 atom stereocenters. The summed E-state index contributed by atoms with van der Waals surface area (Å²) < 4.78 is 20.1. The van der Waals surface area contributed by atoms with Crippen LogP contribution in [0.3, 0.4) is 0 Å². The van der Waals surface area contributed by atoms with Gasteiger partial charge in [-0.3, -0.25) is 4.79 Å². The molecule has 6 nitrogen and oxygen atoms in total. The second kappa shape index (κ2) is 5.14. The molecule has 18 heavy (non-hydrogen) atoms. The maximum atomic E-state index is 11.1. The van der Waals surface area contributed by atoms with Crippen molar-refractivity contribution in [2.45, 2.75) is 12.5 Å². The third-order valence-corrected chi connectivity index (χ3v) is 2.65. The first-order valence-electron chi connectivity index (χ1n) is 5.38. The maximum absolute atomic E-state index is 11.1. The topological polar surface area (TPSA) is 74.2 Å². The highest BCUT2D eigenvalue weighted by molar-refractivity contribution is 5.70. The number of fused-ring (bicyclic) bond motifs is 1. The van der Waals surface area contributed by atoms with E-state index < -0.39 is 12.1 Å². The van der Waals surface area contributed by atoms with Gasteiger partial charge in [0.1, 0.15) is 0 Å². The fourth-order valence-electron chi connectivity index (χ4n) is 1.70. The Morgan fingerprint density at radius 1 is 1.44 bits per heavy atom. The van der Waals surface area contributed by atoms with E-state index in [2.05, 4.69) is 4.74 Å². The normalized spacial score (nSPS) is 14.2. The van der Waals surface area contributed by atoms with E-state index in [1.54, 1.807) is 12.1 Å². The molecule has 0 aliphatic carbocycles. The van der Waals surface area contributed by atoms with E-state index >= 15 is 0 Å². The van der Waals surface area contributed by atoms with Gasteiger partial charge in [0.15, 0.2) is 11.5 Å². The zero-order valence-corrected chi connectivity index (χ0v) is 10.1. The molecule has 2 rings (SSSR count). The van der Waals surface area contributed by atoms with Crippen LogP contribution in [0.2, 0.25) is 0 Å². The van der Waals surface area contributed by atoms with Crippen molar-refractivity contribution in [3.63, 3.8) is 0 Å². The molecule has 0 spiro atoms. The van der Waals surface area contributed by atoms with Gasteiger partial charge >= 0.3 is 5.97 Å². The molecule has 1 heterocycles. The first-order valence-corrected chi connectivity index (χ1v) is 5.38. The van der Waals surface area contributed by atoms with Crippen molar-refractivity contribution in [1.82, 2.24) is 0 Å². The van der Waals surface area contributed by atoms with Crippen molar-refractivity contribution in [1.29, 1.82) is 0 Å². The Labute approximate surface area is 104 Å². The molecule has 0 unspecified atom stereocenters. The second-order valence-corrected chi connectivity index (χ2v) is 3.75. The summed E-state index contributed by atoms with van der Waals surface area (Å²) in [6.07, 6.45) is -1.10. The summed E-state index contributed by atoms with van der Waals surface area (Å²) in [7, 11) is 2.77. The molecular weight excluding hydrogens is 240 g/mol. The van der Waals surface area contributed by atoms with Crippen LogP contribution >= 0.6 is 0 Å². The Morgan fingerprint density at radius 3 is 2.89 bits per heavy atom. The minimum Gasteiger partial charge on any atom is -0.493 e. The predicted octanol–water partition coefficient (Wildman–Crippen LogP) is 1.02. The van der Waals surface area contributed by atoms with Crippen molar-refractivity contribution in [3.8, 4) is 17.2 Å². The number of hydrogen-bond donors (Lipinski definition) is 1. The smallest absolute Gasteiger partial charge is 0.308 e. The zero-order chi connectivity index (χ0) is 13.1. The number of esters is 1. The average molecular weight is 254 g/mol. The van der Waals surface area contributed by atoms with Crippen molar-refractivity contribution in [3.05, 3.63) is 17.7 Å². The van der Waals surface area contributed by atoms with E-state index in [-0.39, 0.29) is 13.2 Å². The van der Waals surface area contributed by atoms with Crippen LogP contribution in [0, 0.1) is 0 Å². The molecule has 1 N–H and O–H groups in total. The lowest BCUT2D eigenvalue weighted by atomic mass is 10.1. The molecule has 6 heteroatoms. The second-order valence-electron chi connectivity index (χ2n) is 3.75. The van der Waals surface area contributed by atoms with Crippen LogP contribution in [0.25, 0.3) is 0 Å². The molecule has 98 valence electrons. The van der Waals surface area contributed by atoms with Gasteiger partial charge in [-0.15, -0.1) is 0 Å². The van der Waals surface area contributed by atoms with Crippen molar-refractivity contribution in [2.75, 3.05) is 21.0 Å². The molecular formula is C12H14O6. The lowest BCUT2D eigenvalue weighted by Gasteiger charge is -2.12. The summed E-state index contributed by atoms with van der Waals surface area (Å²) in [5, 5.41) is 9.92. The quantitative estimate of drug-likeness (QED) is 0.809. The SMILES string of the molecule is COC(=O)C[C@@H](O)c1cc(OC)c2c(c1)OCO2. The predicted molar refractivity (Wildman–Crippen MR) is 60.7 cm³/mol. The summed E-state index contributed by atoms with van der Waals surface area (Å²) >= 11 is 0. The van der Waals surface area contributed by atoms with E-state index in [0.717, 1.165) is 0 Å². The number of rotatable bonds is 4. The number of hydrogen-bond acceptors (Lipinski definition) is 6. The Balaban J connectivity index is 2.26. The van der Waals surface area contributed by atoms with Gasteiger partial charge in [0.05, 0.1) is 26.7 Å². The molecule has 0 fully saturated rings. The number of carbonyl (C=O) groups excluding carboxylic acids is 1. The fraction of sp³-hybridized carbons (Fsp3) is 0.417. The summed E-state index contributed by atoms with van der Waals surface area (Å²) in [6, 6.07) is 3.24. The monoisotopic (exact) mass is 254 g/mol. The van der Waals surface area contributed by atoms with Crippen LogP contribution in [0.15, 0.2) is 12.1 Å². The van der Waals surface area contributed by atoms with E-state index in [9.17, 15) is 9.90 Å². The molecule has 1 aromatic carbocycles. The third-order valence-electron chi connectivity index (χ3n) is 2.65. The molecule has 0 amide bonds. The first-order chi connectivity index (χ1) is 8.65. The molecule has 0 saturated carbocycles. The molecule has 1 aliphatic rings. The number of aliphatic hydroxyl groups excluding tert-OH is 1. The van der Waals surface area contributed by atoms with Crippen LogP contribution in [0.4, 0.5) is 0 Å².